The van der Waals surface area contributed by atoms with E-state index in [-0.39, 0.29) is 39.6 Å². The van der Waals surface area contributed by atoms with Crippen LogP contribution in [0.2, 0.25) is 0 Å². The summed E-state index contributed by atoms with van der Waals surface area (Å²) >= 11 is 0. The summed E-state index contributed by atoms with van der Waals surface area (Å²) in [5.41, 5.74) is 0. The topological polar surface area (TPSA) is 46.3 Å². The van der Waals surface area contributed by atoms with E-state index in [0.717, 1.165) is 13.0 Å². The van der Waals surface area contributed by atoms with Gasteiger partial charge in [-0.2, -0.15) is 4.78 Å². The average molecular weight is 214 g/mol. The molecular weight excluding hydrogens is 194 g/mol. The van der Waals surface area contributed by atoms with Gasteiger partial charge in [-0.3, -0.25) is 10.4 Å². The van der Waals surface area contributed by atoms with Gasteiger partial charge in [0.1, 0.15) is 0 Å². The maximum absolute atomic E-state index is 10.2. The van der Waals surface area contributed by atoms with Gasteiger partial charge in [0, 0.05) is 6.54 Å². The molecule has 0 heterocycles. The fourth-order valence-electron chi connectivity index (χ4n) is 1.09. The second-order valence-electron chi connectivity index (χ2n) is 3.01. The molecule has 0 aliphatic carbocycles. The summed E-state index contributed by atoms with van der Waals surface area (Å²) in [4.78, 5) is 0. The van der Waals surface area contributed by atoms with Crippen LogP contribution in [0.3, 0.4) is 0 Å². The van der Waals surface area contributed by atoms with Gasteiger partial charge < -0.3 is 1.43 Å². The Morgan fingerprint density at radius 2 is 1.77 bits per heavy atom. The number of rotatable bonds is 8. The van der Waals surface area contributed by atoms with E-state index in [1.54, 1.807) is 0 Å². The Kier molecular flexibility index (Phi) is 16.5. The number of nitrogens with zero attached hydrogens (tertiary/aromatic N) is 1. The number of nitrogens with two attached hydrogens (primary N) is 1. The van der Waals surface area contributed by atoms with Crippen LogP contribution in [0.5, 0.6) is 0 Å². The van der Waals surface area contributed by atoms with Crippen LogP contribution in [-0.4, -0.2) is 11.3 Å². The molecule has 3 nitrogen and oxygen atoms in total. The van der Waals surface area contributed by atoms with Gasteiger partial charge in [-0.25, -0.2) is 0 Å². The third-order valence-corrected chi connectivity index (χ3v) is 2.26. The molecule has 0 unspecified atom stereocenters. The average Bonchev–Trinajstić information content (AvgIpc) is 2.10. The molecule has 0 saturated carbocycles. The number of hydrazine groups is 1. The molecule has 0 saturated heterocycles. The molecule has 0 spiro atoms. The zero-order chi connectivity index (χ0) is 9.23. The molecule has 2 N–H and O–H groups in total. The zero-order valence-corrected chi connectivity index (χ0v) is 11.7. The van der Waals surface area contributed by atoms with Gasteiger partial charge in [0.15, 0.2) is 0 Å². The predicted molar refractivity (Wildman–Crippen MR) is 53.0 cm³/mol. The summed E-state index contributed by atoms with van der Waals surface area (Å²) in [7, 11) is -0.0705. The Hall–Kier alpha value is 1.02. The number of hydrogen-bond donors (Lipinski definition) is 1. The first-order valence-corrected chi connectivity index (χ1v) is 5.43. The minimum absolute atomic E-state index is 0. The summed E-state index contributed by atoms with van der Waals surface area (Å²) in [5.74, 6) is 5.32. The third-order valence-electron chi connectivity index (χ3n) is 1.85. The number of hydrogen-bond acceptors (Lipinski definition) is 2. The van der Waals surface area contributed by atoms with E-state index in [4.69, 9.17) is 5.84 Å². The molecule has 0 aromatic carbocycles. The quantitative estimate of drug-likeness (QED) is 0.201. The van der Waals surface area contributed by atoms with Crippen LogP contribution in [0.25, 0.3) is 0 Å². The molecule has 0 aromatic heterocycles. The Bertz CT molecular complexity index is 122. The van der Waals surface area contributed by atoms with Crippen molar-refractivity contribution in [1.82, 2.24) is 4.78 Å². The van der Waals surface area contributed by atoms with Gasteiger partial charge in [-0.15, -0.1) is 0 Å². The largest absolute Gasteiger partial charge is 1.00 e. The van der Waals surface area contributed by atoms with E-state index in [2.05, 4.69) is 6.92 Å². The molecule has 0 amide bonds. The summed E-state index contributed by atoms with van der Waals surface area (Å²) in [6.07, 6.45) is 7.45. The Morgan fingerprint density at radius 3 is 2.31 bits per heavy atom. The molecule has 0 fully saturated rings. The standard InChI is InChI=1S/C8H19N2OP.Na.H/c1-2-3-4-5-6-7-8-10(9)12-11;;/h2-9H2,1H3;;/q;+1;-1. The van der Waals surface area contributed by atoms with Crippen molar-refractivity contribution >= 4 is 8.61 Å². The van der Waals surface area contributed by atoms with E-state index >= 15 is 0 Å². The van der Waals surface area contributed by atoms with Gasteiger partial charge in [0.2, 0.25) is 0 Å². The molecule has 0 rings (SSSR count). The summed E-state index contributed by atoms with van der Waals surface area (Å²) < 4.78 is 11.5. The number of unbranched alkanes of at least 4 members (excludes halogenated alkanes) is 5. The van der Waals surface area contributed by atoms with Crippen LogP contribution in [0.1, 0.15) is 46.9 Å². The van der Waals surface area contributed by atoms with E-state index in [1.807, 2.05) is 0 Å². The van der Waals surface area contributed by atoms with Crippen molar-refractivity contribution in [3.63, 3.8) is 0 Å². The van der Waals surface area contributed by atoms with E-state index in [1.165, 1.54) is 36.9 Å². The zero-order valence-electron chi connectivity index (χ0n) is 9.83. The molecule has 0 bridgehead atoms. The first-order chi connectivity index (χ1) is 5.81. The van der Waals surface area contributed by atoms with Gasteiger partial charge in [0.25, 0.3) is 8.61 Å². The summed E-state index contributed by atoms with van der Waals surface area (Å²) in [6.45, 7) is 2.94. The Balaban J connectivity index is -0.000000605. The van der Waals surface area contributed by atoms with Crippen LogP contribution in [0.15, 0.2) is 0 Å². The van der Waals surface area contributed by atoms with Crippen molar-refractivity contribution in [1.29, 1.82) is 0 Å². The maximum atomic E-state index is 10.2. The smallest absolute Gasteiger partial charge is 1.00 e. The maximum Gasteiger partial charge on any atom is 1.00 e. The minimum atomic E-state index is -0.0705. The van der Waals surface area contributed by atoms with E-state index in [9.17, 15) is 4.57 Å². The second kappa shape index (κ2) is 13.0. The molecular formula is C8H20N2NaOP. The van der Waals surface area contributed by atoms with Gasteiger partial charge in [-0.05, 0) is 6.42 Å². The van der Waals surface area contributed by atoms with Crippen molar-refractivity contribution in [3.8, 4) is 0 Å². The van der Waals surface area contributed by atoms with E-state index < -0.39 is 0 Å². The Morgan fingerprint density at radius 1 is 1.23 bits per heavy atom. The fraction of sp³-hybridized carbons (Fsp3) is 1.00. The van der Waals surface area contributed by atoms with Crippen molar-refractivity contribution in [3.05, 3.63) is 0 Å². The van der Waals surface area contributed by atoms with Gasteiger partial charge in [-0.1, -0.05) is 39.0 Å². The molecule has 0 aliphatic heterocycles. The molecule has 74 valence electrons. The summed E-state index contributed by atoms with van der Waals surface area (Å²) in [5, 5.41) is 0. The SMILES string of the molecule is CCCCCCCCN(N)P=O.[H-].[Na+]. The van der Waals surface area contributed by atoms with Crippen LogP contribution in [0, 0.1) is 0 Å². The fourth-order valence-corrected chi connectivity index (χ4v) is 1.32. The third kappa shape index (κ3) is 13.0. The van der Waals surface area contributed by atoms with Crippen molar-refractivity contribution in [2.75, 3.05) is 6.54 Å². The van der Waals surface area contributed by atoms with Crippen molar-refractivity contribution < 1.29 is 35.5 Å². The first kappa shape index (κ1) is 16.4. The van der Waals surface area contributed by atoms with Crippen LogP contribution >= 0.6 is 8.61 Å². The summed E-state index contributed by atoms with van der Waals surface area (Å²) in [6, 6.07) is 0. The molecule has 0 aliphatic rings. The monoisotopic (exact) mass is 214 g/mol. The van der Waals surface area contributed by atoms with Crippen LogP contribution in [-0.2, 0) is 4.57 Å². The molecule has 0 atom stereocenters. The first-order valence-electron chi connectivity index (χ1n) is 4.66. The molecule has 0 aromatic rings. The van der Waals surface area contributed by atoms with Gasteiger partial charge >= 0.3 is 29.6 Å². The van der Waals surface area contributed by atoms with Crippen molar-refractivity contribution in [2.24, 2.45) is 5.84 Å². The van der Waals surface area contributed by atoms with Gasteiger partial charge in [0.05, 0.1) is 0 Å². The Labute approximate surface area is 106 Å². The van der Waals surface area contributed by atoms with E-state index in [0.29, 0.717) is 0 Å². The minimum Gasteiger partial charge on any atom is -1.00 e. The van der Waals surface area contributed by atoms with Crippen LogP contribution in [0.4, 0.5) is 0 Å². The second-order valence-corrected chi connectivity index (χ2v) is 3.69. The predicted octanol–water partition coefficient (Wildman–Crippen LogP) is -0.154. The molecule has 5 heteroatoms. The normalized spacial score (nSPS) is 10.4. The molecule has 0 radical (unpaired) electrons. The van der Waals surface area contributed by atoms with Crippen molar-refractivity contribution in [2.45, 2.75) is 45.4 Å². The van der Waals surface area contributed by atoms with Crippen LogP contribution < -0.4 is 35.4 Å². The molecule has 13 heavy (non-hydrogen) atoms.